The summed E-state index contributed by atoms with van der Waals surface area (Å²) in [5.74, 6) is -6.80. The Morgan fingerprint density at radius 3 is 2.32 bits per heavy atom. The molecule has 3 aromatic carbocycles. The molecule has 372 valence electrons. The lowest BCUT2D eigenvalue weighted by Gasteiger charge is -2.38. The maximum Gasteiger partial charge on any atom is 0.320 e. The molecule has 0 aliphatic carbocycles. The number of nitrogens with one attached hydrogen (secondary N) is 2. The molecule has 5 bridgehead atoms. The number of benzene rings is 3. The van der Waals surface area contributed by atoms with Gasteiger partial charge in [-0.15, -0.1) is 0 Å². The summed E-state index contributed by atoms with van der Waals surface area (Å²) in [6, 6.07) is 9.60. The van der Waals surface area contributed by atoms with Crippen LogP contribution in [-0.4, -0.2) is 112 Å². The number of hydrogen-bond donors (Lipinski definition) is 6. The highest BCUT2D eigenvalue weighted by Crippen LogP contribution is 2.51. The molecule has 0 radical (unpaired) electrons. The summed E-state index contributed by atoms with van der Waals surface area (Å²) in [7, 11) is 1.48. The Balaban J connectivity index is 1.32. The fraction of sp³-hybridized carbons (Fsp3) is 0.528. The summed E-state index contributed by atoms with van der Waals surface area (Å²) in [5, 5.41) is 54.4. The van der Waals surface area contributed by atoms with Crippen molar-refractivity contribution < 1.29 is 53.8 Å². The highest BCUT2D eigenvalue weighted by Gasteiger charge is 2.51. The van der Waals surface area contributed by atoms with Crippen LogP contribution in [0.3, 0.4) is 0 Å². The van der Waals surface area contributed by atoms with E-state index < -0.39 is 82.9 Å². The Morgan fingerprint density at radius 2 is 1.65 bits per heavy atom. The maximum atomic E-state index is 14.9. The monoisotopic (exact) mass is 951 g/mol. The molecule has 69 heavy (non-hydrogen) atoms. The second kappa shape index (κ2) is 20.7. The summed E-state index contributed by atoms with van der Waals surface area (Å²) >= 11 is 0. The zero-order chi connectivity index (χ0) is 50.1. The molecular formula is C53H69N5O11. The molecular weight excluding hydrogens is 883 g/mol. The first-order chi connectivity index (χ1) is 32.7. The topological polar surface area (TPSA) is 221 Å². The Labute approximate surface area is 403 Å². The number of aromatic hydroxyl groups is 2. The number of phenols is 2. The Hall–Kier alpha value is -5.65. The third-order valence-electron chi connectivity index (χ3n) is 14.3. The van der Waals surface area contributed by atoms with Gasteiger partial charge < -0.3 is 54.9 Å². The number of amides is 1. The van der Waals surface area contributed by atoms with Crippen molar-refractivity contribution in [2.75, 3.05) is 38.6 Å². The van der Waals surface area contributed by atoms with Crippen LogP contribution in [0.2, 0.25) is 0 Å². The number of allylic oxidation sites excluding steroid dienone is 2. The number of ketones is 1. The first kappa shape index (κ1) is 51.2. The number of phenolic OH excluding ortho intramolecular Hbond substituents is 2. The lowest BCUT2D eigenvalue weighted by molar-refractivity contribution is -0.162. The zero-order valence-corrected chi connectivity index (χ0v) is 41.4. The van der Waals surface area contributed by atoms with Crippen molar-refractivity contribution in [3.05, 3.63) is 93.9 Å². The highest BCUT2D eigenvalue weighted by molar-refractivity contribution is 6.21. The molecule has 1 spiro atoms. The summed E-state index contributed by atoms with van der Waals surface area (Å²) in [4.78, 5) is 54.4. The molecule has 6 N–H and O–H groups in total. The van der Waals surface area contributed by atoms with Gasteiger partial charge in [0, 0.05) is 93.2 Å². The van der Waals surface area contributed by atoms with Crippen molar-refractivity contribution in [2.24, 2.45) is 39.6 Å². The number of anilines is 1. The van der Waals surface area contributed by atoms with Crippen LogP contribution in [0.1, 0.15) is 89.7 Å². The van der Waals surface area contributed by atoms with Crippen LogP contribution >= 0.6 is 0 Å². The van der Waals surface area contributed by atoms with Gasteiger partial charge >= 0.3 is 11.8 Å². The quantitative estimate of drug-likeness (QED) is 0.121. The number of aliphatic hydroxyl groups is 2. The van der Waals surface area contributed by atoms with E-state index >= 15 is 0 Å². The molecule has 5 aliphatic rings. The highest BCUT2D eigenvalue weighted by atomic mass is 16.7. The number of esters is 1. The first-order valence-electron chi connectivity index (χ1n) is 24.0. The maximum absolute atomic E-state index is 14.9. The fourth-order valence-electron chi connectivity index (χ4n) is 10.1. The molecule has 5 heterocycles. The van der Waals surface area contributed by atoms with Crippen LogP contribution in [0.25, 0.3) is 10.8 Å². The minimum absolute atomic E-state index is 0.0473. The van der Waals surface area contributed by atoms with E-state index in [0.29, 0.717) is 31.0 Å². The predicted molar refractivity (Wildman–Crippen MR) is 260 cm³/mol. The third kappa shape index (κ3) is 10.3. The van der Waals surface area contributed by atoms with Crippen molar-refractivity contribution >= 4 is 34.1 Å². The van der Waals surface area contributed by atoms with Gasteiger partial charge in [0.15, 0.2) is 5.75 Å². The number of methoxy groups -OCH3 is 1. The SMILES string of the molecule is CO[C@H]1/C=C/O[C@@]2(C)Oc3c(C)c(O)c4c(O)c(c5c(c4c3C2=O)NC2(CCN(CC(C)C)CC2)N=5)=NC(=O)/C(C)=C\C=C\[C@H](C)[C@H](O)[C@@H](C)[C@@H](O)[C@@H](C)[C@H](OC(=O)CNCc2ccccc2)[C@@H]1C. The number of carbonyl (C=O) groups is 3. The van der Waals surface area contributed by atoms with Gasteiger partial charge in [-0.2, -0.15) is 0 Å². The lowest BCUT2D eigenvalue weighted by Crippen LogP contribution is -2.47. The molecule has 3 aromatic rings. The van der Waals surface area contributed by atoms with Crippen LogP contribution in [0, 0.1) is 36.5 Å². The molecule has 16 nitrogen and oxygen atoms in total. The zero-order valence-electron chi connectivity index (χ0n) is 41.4. The smallest absolute Gasteiger partial charge is 0.320 e. The van der Waals surface area contributed by atoms with Crippen molar-refractivity contribution in [2.45, 2.75) is 118 Å². The Morgan fingerprint density at radius 1 is 0.957 bits per heavy atom. The van der Waals surface area contributed by atoms with Gasteiger partial charge in [0.05, 0.1) is 47.8 Å². The number of carbonyl (C=O) groups excluding carboxylic acids is 3. The van der Waals surface area contributed by atoms with Gasteiger partial charge in [0.2, 0.25) is 0 Å². The standard InChI is InChI=1S/C53H69N5O11/c1-28(2)27-58-22-20-53(21-23-58)56-41-38-39-46(62)34(8)49-40(38)50(64)52(9,69-49)67-24-19-36(66-10)31(5)48(68-37(59)26-54-25-35-17-12-11-13-18-35)33(7)45(61)32(6)44(60)29(3)15-14-16-30(4)51(65)55-43(47(39)63)42(41)57-53/h11-19,24,28-29,31-33,36,44-45,48,54,56,60-63H,20-23,25-27H2,1-10H3/b15-14+,24-19+,30-16-,55-43?/t29-,31+,32+,33+,36-,44-,45+,48+,52-/m0/s1. The Kier molecular flexibility index (Phi) is 15.4. The molecule has 0 saturated carbocycles. The van der Waals surface area contributed by atoms with Crippen molar-refractivity contribution in [1.82, 2.24) is 10.2 Å². The second-order valence-electron chi connectivity index (χ2n) is 19.9. The van der Waals surface area contributed by atoms with E-state index in [-0.39, 0.29) is 56.2 Å². The van der Waals surface area contributed by atoms with Crippen LogP contribution < -0.4 is 26.1 Å². The molecule has 9 atom stereocenters. The average Bonchev–Trinajstić information content (AvgIpc) is 3.82. The minimum atomic E-state index is -1.98. The first-order valence-corrected chi connectivity index (χ1v) is 24.0. The third-order valence-corrected chi connectivity index (χ3v) is 14.3. The van der Waals surface area contributed by atoms with E-state index in [2.05, 4.69) is 34.4 Å². The number of rotatable bonds is 8. The molecule has 5 aliphatic heterocycles. The van der Waals surface area contributed by atoms with Gasteiger partial charge in [-0.1, -0.05) is 90.1 Å². The predicted octanol–water partition coefficient (Wildman–Crippen LogP) is 5.52. The van der Waals surface area contributed by atoms with Gasteiger partial charge in [-0.25, -0.2) is 4.99 Å². The van der Waals surface area contributed by atoms with Crippen molar-refractivity contribution in [3.63, 3.8) is 0 Å². The van der Waals surface area contributed by atoms with Gasteiger partial charge in [0.1, 0.15) is 34.0 Å². The average molecular weight is 952 g/mol. The summed E-state index contributed by atoms with van der Waals surface area (Å²) in [6.07, 6.45) is 4.90. The van der Waals surface area contributed by atoms with Crippen LogP contribution in [0.5, 0.6) is 17.2 Å². The number of aliphatic hydroxyl groups excluding tert-OH is 2. The number of nitrogens with zero attached hydrogens (tertiary/aromatic N) is 3. The number of Topliss-reactive ketones (excluding diaryl/α,β-unsaturated/α-hetero) is 1. The second-order valence-corrected chi connectivity index (χ2v) is 19.9. The van der Waals surface area contributed by atoms with E-state index in [9.17, 15) is 34.8 Å². The van der Waals surface area contributed by atoms with Gasteiger partial charge in [-0.05, 0) is 31.4 Å². The molecule has 16 heteroatoms. The van der Waals surface area contributed by atoms with Crippen LogP contribution in [-0.2, 0) is 30.3 Å². The van der Waals surface area contributed by atoms with E-state index in [4.69, 9.17) is 23.9 Å². The number of ether oxygens (including phenoxy) is 4. The largest absolute Gasteiger partial charge is 0.507 e. The lowest BCUT2D eigenvalue weighted by atomic mass is 9.78. The molecule has 1 saturated heterocycles. The van der Waals surface area contributed by atoms with E-state index in [0.717, 1.165) is 25.2 Å². The molecule has 1 fully saturated rings. The van der Waals surface area contributed by atoms with E-state index in [1.807, 2.05) is 37.3 Å². The van der Waals surface area contributed by atoms with Crippen LogP contribution in [0.15, 0.2) is 76.5 Å². The number of fused-ring (bicyclic) bond motifs is 13. The normalized spacial score (nSPS) is 30.2. The van der Waals surface area contributed by atoms with Crippen LogP contribution in [0.4, 0.5) is 5.69 Å². The summed E-state index contributed by atoms with van der Waals surface area (Å²) < 4.78 is 24.6. The van der Waals surface area contributed by atoms with Crippen molar-refractivity contribution in [1.29, 1.82) is 0 Å². The summed E-state index contributed by atoms with van der Waals surface area (Å²) in [6.45, 7) is 18.6. The molecule has 0 aromatic heterocycles. The molecule has 8 rings (SSSR count). The molecule has 0 unspecified atom stereocenters. The van der Waals surface area contributed by atoms with E-state index in [1.165, 1.54) is 20.3 Å². The summed E-state index contributed by atoms with van der Waals surface area (Å²) in [5.41, 5.74) is 0.835. The minimum Gasteiger partial charge on any atom is -0.507 e. The number of hydrogen-bond acceptors (Lipinski definition) is 15. The molecule has 1 amide bonds. The Bertz CT molecular complexity index is 2660. The number of piperidine rings is 1. The van der Waals surface area contributed by atoms with Gasteiger partial charge in [0.25, 0.3) is 11.7 Å². The van der Waals surface area contributed by atoms with Crippen molar-refractivity contribution in [3.8, 4) is 17.2 Å². The van der Waals surface area contributed by atoms with E-state index in [1.54, 1.807) is 58.9 Å². The van der Waals surface area contributed by atoms with Gasteiger partial charge in [-0.3, -0.25) is 19.4 Å². The number of likely N-dealkylation sites (tertiary alicyclic amines) is 1. The fourth-order valence-corrected chi connectivity index (χ4v) is 10.1.